The molecule has 0 radical (unpaired) electrons. The maximum Gasteiger partial charge on any atom is 0.173 e. The van der Waals surface area contributed by atoms with Gasteiger partial charge < -0.3 is 5.41 Å². The van der Waals surface area contributed by atoms with Crippen molar-refractivity contribution in [1.82, 2.24) is 9.55 Å². The van der Waals surface area contributed by atoms with Gasteiger partial charge in [0, 0.05) is 17.1 Å². The van der Waals surface area contributed by atoms with Crippen LogP contribution in [0.1, 0.15) is 31.2 Å². The number of nitriles is 1. The lowest BCUT2D eigenvalue weighted by Crippen LogP contribution is -2.21. The molecule has 1 unspecified atom stereocenters. The number of ketones is 1. The van der Waals surface area contributed by atoms with E-state index in [4.69, 9.17) is 15.7 Å². The van der Waals surface area contributed by atoms with Crippen LogP contribution in [0.5, 0.6) is 0 Å². The van der Waals surface area contributed by atoms with Crippen molar-refractivity contribution in [3.8, 4) is 11.8 Å². The normalized spacial score (nSPS) is 14.4. The van der Waals surface area contributed by atoms with Gasteiger partial charge in [-0.15, -0.1) is 0 Å². The third-order valence-electron chi connectivity index (χ3n) is 4.34. The second-order valence-corrected chi connectivity index (χ2v) is 7.11. The summed E-state index contributed by atoms with van der Waals surface area (Å²) in [6, 6.07) is 12.0. The molecule has 6 heteroatoms. The molecule has 0 aliphatic heterocycles. The molecule has 0 amide bonds. The molecule has 1 aromatic heterocycles. The van der Waals surface area contributed by atoms with E-state index in [1.54, 1.807) is 0 Å². The van der Waals surface area contributed by atoms with E-state index in [1.165, 1.54) is 24.4 Å². The Morgan fingerprint density at radius 3 is 2.76 bits per heavy atom. The van der Waals surface area contributed by atoms with Crippen molar-refractivity contribution in [3.05, 3.63) is 41.7 Å². The number of carbonyl (C=O) groups excluding carboxylic acids is 1. The smallest absolute Gasteiger partial charge is 0.173 e. The van der Waals surface area contributed by atoms with Crippen LogP contribution in [-0.4, -0.2) is 26.8 Å². The van der Waals surface area contributed by atoms with Crippen LogP contribution in [0.4, 0.5) is 0 Å². The van der Waals surface area contributed by atoms with Gasteiger partial charge >= 0.3 is 0 Å². The third-order valence-corrected chi connectivity index (χ3v) is 5.31. The fourth-order valence-corrected chi connectivity index (χ4v) is 4.04. The molecule has 128 valence electrons. The van der Waals surface area contributed by atoms with Gasteiger partial charge in [-0.25, -0.2) is 4.98 Å². The molecule has 0 fully saturated rings. The number of rotatable bonds is 6. The average molecular weight is 352 g/mol. The van der Waals surface area contributed by atoms with E-state index in [0.29, 0.717) is 0 Å². The van der Waals surface area contributed by atoms with E-state index in [9.17, 15) is 4.79 Å². The second-order valence-electron chi connectivity index (χ2n) is 6.17. The molecule has 1 heterocycles. The Morgan fingerprint density at radius 2 is 2.08 bits per heavy atom. The molecule has 1 aliphatic rings. The first-order valence-corrected chi connectivity index (χ1v) is 9.36. The second kappa shape index (κ2) is 7.66. The van der Waals surface area contributed by atoms with Crippen molar-refractivity contribution in [3.63, 3.8) is 0 Å². The van der Waals surface area contributed by atoms with E-state index in [-0.39, 0.29) is 17.2 Å². The SMILES string of the molecule is CC(=N)C(C#N)C(=O)CSc1nc2c(n1-c1ccccc1)CCCC2. The minimum absolute atomic E-state index is 0.0961. The number of para-hydroxylation sites is 1. The molecule has 1 atom stereocenters. The molecular weight excluding hydrogens is 332 g/mol. The molecule has 1 aliphatic carbocycles. The van der Waals surface area contributed by atoms with Crippen molar-refractivity contribution in [2.24, 2.45) is 5.92 Å². The van der Waals surface area contributed by atoms with Gasteiger partial charge in [0.1, 0.15) is 5.92 Å². The van der Waals surface area contributed by atoms with Crippen molar-refractivity contribution in [2.75, 3.05) is 5.75 Å². The number of Topliss-reactive ketones (excluding diaryl/α,β-unsaturated/α-hetero) is 1. The summed E-state index contributed by atoms with van der Waals surface area (Å²) in [6.45, 7) is 1.50. The Hall–Kier alpha value is -2.39. The standard InChI is InChI=1S/C19H20N4OS/c1-13(21)15(11-20)18(24)12-25-19-22-16-9-5-6-10-17(16)23(19)14-7-3-2-4-8-14/h2-4,7-8,15,21H,5-6,9-10,12H2,1H3. The van der Waals surface area contributed by atoms with Crippen LogP contribution in [0.15, 0.2) is 35.5 Å². The number of aromatic nitrogens is 2. The molecular formula is C19H20N4OS. The molecule has 0 saturated carbocycles. The summed E-state index contributed by atoms with van der Waals surface area (Å²) in [5.74, 6) is -1.04. The van der Waals surface area contributed by atoms with Crippen LogP contribution >= 0.6 is 11.8 Å². The Morgan fingerprint density at radius 1 is 1.36 bits per heavy atom. The first-order chi connectivity index (χ1) is 12.1. The summed E-state index contributed by atoms with van der Waals surface area (Å²) >= 11 is 1.36. The molecule has 25 heavy (non-hydrogen) atoms. The first kappa shape index (κ1) is 17.4. The Bertz CT molecular complexity index is 835. The van der Waals surface area contributed by atoms with E-state index < -0.39 is 5.92 Å². The minimum Gasteiger partial charge on any atom is -0.308 e. The highest BCUT2D eigenvalue weighted by Gasteiger charge is 2.24. The van der Waals surface area contributed by atoms with Crippen molar-refractivity contribution < 1.29 is 4.79 Å². The molecule has 3 rings (SSSR count). The molecule has 1 aromatic carbocycles. The van der Waals surface area contributed by atoms with Crippen molar-refractivity contribution in [1.29, 1.82) is 10.7 Å². The highest BCUT2D eigenvalue weighted by atomic mass is 32.2. The Balaban J connectivity index is 1.89. The fraction of sp³-hybridized carbons (Fsp3) is 0.368. The predicted molar refractivity (Wildman–Crippen MR) is 98.4 cm³/mol. The lowest BCUT2D eigenvalue weighted by atomic mass is 10.0. The Labute approximate surface area is 151 Å². The van der Waals surface area contributed by atoms with Gasteiger partial charge in [0.05, 0.1) is 17.5 Å². The van der Waals surface area contributed by atoms with Gasteiger partial charge in [-0.3, -0.25) is 9.36 Å². The zero-order valence-corrected chi connectivity index (χ0v) is 15.0. The van der Waals surface area contributed by atoms with Crippen molar-refractivity contribution in [2.45, 2.75) is 37.8 Å². The van der Waals surface area contributed by atoms with Crippen LogP contribution in [0.3, 0.4) is 0 Å². The van der Waals surface area contributed by atoms with Gasteiger partial charge in [-0.2, -0.15) is 5.26 Å². The number of benzene rings is 1. The number of nitrogens with zero attached hydrogens (tertiary/aromatic N) is 3. The molecule has 5 nitrogen and oxygen atoms in total. The van der Waals surface area contributed by atoms with Crippen LogP contribution in [-0.2, 0) is 17.6 Å². The van der Waals surface area contributed by atoms with E-state index >= 15 is 0 Å². The molecule has 0 bridgehead atoms. The number of hydrogen-bond acceptors (Lipinski definition) is 5. The first-order valence-electron chi connectivity index (χ1n) is 8.38. The van der Waals surface area contributed by atoms with E-state index in [0.717, 1.165) is 42.2 Å². The summed E-state index contributed by atoms with van der Waals surface area (Å²) in [5, 5.41) is 17.5. The van der Waals surface area contributed by atoms with Crippen LogP contribution in [0.25, 0.3) is 5.69 Å². The summed E-state index contributed by atoms with van der Waals surface area (Å²) in [5.41, 5.74) is 3.49. The molecule has 1 N–H and O–H groups in total. The zero-order chi connectivity index (χ0) is 17.8. The van der Waals surface area contributed by atoms with Gasteiger partial charge in [0.15, 0.2) is 10.9 Å². The van der Waals surface area contributed by atoms with Crippen LogP contribution in [0, 0.1) is 22.7 Å². The Kier molecular flexibility index (Phi) is 5.34. The summed E-state index contributed by atoms with van der Waals surface area (Å²) in [6.07, 6.45) is 4.26. The monoisotopic (exact) mass is 352 g/mol. The highest BCUT2D eigenvalue weighted by molar-refractivity contribution is 7.99. The van der Waals surface area contributed by atoms with Gasteiger partial charge in [0.25, 0.3) is 0 Å². The summed E-state index contributed by atoms with van der Waals surface area (Å²) in [4.78, 5) is 17.0. The third kappa shape index (κ3) is 3.67. The van der Waals surface area contributed by atoms with Crippen LogP contribution in [0.2, 0.25) is 0 Å². The lowest BCUT2D eigenvalue weighted by molar-refractivity contribution is -0.117. The quantitative estimate of drug-likeness (QED) is 0.636. The number of nitrogens with one attached hydrogen (secondary N) is 1. The minimum atomic E-state index is -0.956. The number of carbonyl (C=O) groups is 1. The van der Waals surface area contributed by atoms with Gasteiger partial charge in [-0.05, 0) is 44.7 Å². The van der Waals surface area contributed by atoms with E-state index in [2.05, 4.69) is 4.57 Å². The molecule has 0 saturated heterocycles. The topological polar surface area (TPSA) is 82.5 Å². The summed E-state index contributed by atoms with van der Waals surface area (Å²) < 4.78 is 2.14. The maximum absolute atomic E-state index is 12.3. The number of imidazole rings is 1. The maximum atomic E-state index is 12.3. The lowest BCUT2D eigenvalue weighted by Gasteiger charge is -2.15. The number of thioether (sulfide) groups is 1. The zero-order valence-electron chi connectivity index (χ0n) is 14.2. The van der Waals surface area contributed by atoms with Gasteiger partial charge in [0.2, 0.25) is 0 Å². The molecule has 2 aromatic rings. The average Bonchev–Trinajstić information content (AvgIpc) is 2.99. The van der Waals surface area contributed by atoms with E-state index in [1.807, 2.05) is 36.4 Å². The fourth-order valence-electron chi connectivity index (χ4n) is 3.09. The number of fused-ring (bicyclic) bond motifs is 1. The largest absolute Gasteiger partial charge is 0.308 e. The van der Waals surface area contributed by atoms with Gasteiger partial charge in [-0.1, -0.05) is 30.0 Å². The number of aryl methyl sites for hydroxylation is 1. The van der Waals surface area contributed by atoms with Crippen LogP contribution < -0.4 is 0 Å². The van der Waals surface area contributed by atoms with Crippen molar-refractivity contribution >= 4 is 23.3 Å². The number of hydrogen-bond donors (Lipinski definition) is 1. The predicted octanol–water partition coefficient (Wildman–Crippen LogP) is 3.59. The molecule has 0 spiro atoms. The highest BCUT2D eigenvalue weighted by Crippen LogP contribution is 2.30. The summed E-state index contributed by atoms with van der Waals surface area (Å²) in [7, 11) is 0.